The van der Waals surface area contributed by atoms with Crippen molar-refractivity contribution >= 4 is 29.2 Å². The Balaban J connectivity index is 2.03. The van der Waals surface area contributed by atoms with Crippen molar-refractivity contribution in [2.24, 2.45) is 5.41 Å². The highest BCUT2D eigenvalue weighted by Crippen LogP contribution is 2.44. The molecule has 0 spiro atoms. The van der Waals surface area contributed by atoms with Crippen LogP contribution in [0.5, 0.6) is 5.75 Å². The highest BCUT2D eigenvalue weighted by Gasteiger charge is 2.42. The third kappa shape index (κ3) is 3.47. The molecule has 0 heterocycles. The maximum absolute atomic E-state index is 12.3. The molecule has 1 saturated carbocycles. The fourth-order valence-corrected chi connectivity index (χ4v) is 2.68. The van der Waals surface area contributed by atoms with Crippen LogP contribution in [0.3, 0.4) is 0 Å². The number of hydrogen-bond donors (Lipinski definition) is 2. The second-order valence-electron chi connectivity index (χ2n) is 5.27. The Bertz CT molecular complexity index is 549. The second kappa shape index (κ2) is 6.35. The van der Waals surface area contributed by atoms with E-state index in [1.54, 1.807) is 18.2 Å². The maximum Gasteiger partial charge on any atom is 0.341 e. The van der Waals surface area contributed by atoms with Crippen molar-refractivity contribution in [1.29, 1.82) is 0 Å². The van der Waals surface area contributed by atoms with Gasteiger partial charge in [0.05, 0.1) is 5.02 Å². The van der Waals surface area contributed by atoms with Gasteiger partial charge in [0.1, 0.15) is 5.75 Å². The van der Waals surface area contributed by atoms with Crippen molar-refractivity contribution in [3.8, 4) is 5.75 Å². The first-order valence-electron chi connectivity index (χ1n) is 6.92. The molecule has 0 radical (unpaired) electrons. The van der Waals surface area contributed by atoms with E-state index in [1.165, 1.54) is 0 Å². The van der Waals surface area contributed by atoms with E-state index in [2.05, 4.69) is 5.32 Å². The third-order valence-corrected chi connectivity index (χ3v) is 4.31. The third-order valence-electron chi connectivity index (χ3n) is 4.01. The van der Waals surface area contributed by atoms with Crippen LogP contribution in [0.15, 0.2) is 18.2 Å². The SMILES string of the molecule is CCC1(C(=O)Nc2ccc(OCC(=O)O)c(Cl)c2)CCC1. The number of carboxylic acids is 1. The molecular weight excluding hydrogens is 294 g/mol. The fraction of sp³-hybridized carbons (Fsp3) is 0.467. The molecule has 0 unspecified atom stereocenters. The van der Waals surface area contributed by atoms with Gasteiger partial charge in [-0.15, -0.1) is 0 Å². The van der Waals surface area contributed by atoms with E-state index in [9.17, 15) is 9.59 Å². The summed E-state index contributed by atoms with van der Waals surface area (Å²) < 4.78 is 5.03. The van der Waals surface area contributed by atoms with E-state index in [4.69, 9.17) is 21.4 Å². The van der Waals surface area contributed by atoms with Crippen LogP contribution in [0.2, 0.25) is 5.02 Å². The number of halogens is 1. The number of aliphatic carboxylic acids is 1. The summed E-state index contributed by atoms with van der Waals surface area (Å²) in [5.41, 5.74) is 0.345. The van der Waals surface area contributed by atoms with Gasteiger partial charge >= 0.3 is 5.97 Å². The van der Waals surface area contributed by atoms with E-state index in [-0.39, 0.29) is 22.1 Å². The Hall–Kier alpha value is -1.75. The lowest BCUT2D eigenvalue weighted by Gasteiger charge is -2.39. The molecule has 114 valence electrons. The quantitative estimate of drug-likeness (QED) is 0.845. The number of hydrogen-bond acceptors (Lipinski definition) is 3. The van der Waals surface area contributed by atoms with E-state index in [0.29, 0.717) is 5.69 Å². The van der Waals surface area contributed by atoms with Crippen molar-refractivity contribution < 1.29 is 19.4 Å². The minimum Gasteiger partial charge on any atom is -0.480 e. The topological polar surface area (TPSA) is 75.6 Å². The normalized spacial score (nSPS) is 15.9. The molecule has 0 saturated heterocycles. The van der Waals surface area contributed by atoms with Crippen molar-refractivity contribution in [3.05, 3.63) is 23.2 Å². The number of amides is 1. The predicted octanol–water partition coefficient (Wildman–Crippen LogP) is 3.32. The summed E-state index contributed by atoms with van der Waals surface area (Å²) in [6.45, 7) is 1.57. The minimum atomic E-state index is -1.07. The standard InChI is InChI=1S/C15H18ClNO4/c1-2-15(6-3-7-15)14(20)17-10-4-5-12(11(16)8-10)21-9-13(18)19/h4-5,8H,2-3,6-7,9H2,1H3,(H,17,20)(H,18,19). The van der Waals surface area contributed by atoms with Crippen molar-refractivity contribution in [2.45, 2.75) is 32.6 Å². The zero-order chi connectivity index (χ0) is 15.5. The summed E-state index contributed by atoms with van der Waals surface area (Å²) in [7, 11) is 0. The van der Waals surface area contributed by atoms with E-state index in [1.807, 2.05) is 6.92 Å². The highest BCUT2D eigenvalue weighted by atomic mass is 35.5. The average Bonchev–Trinajstić information content (AvgIpc) is 2.37. The van der Waals surface area contributed by atoms with Gasteiger partial charge in [0.2, 0.25) is 5.91 Å². The molecule has 2 N–H and O–H groups in total. The van der Waals surface area contributed by atoms with Crippen molar-refractivity contribution in [1.82, 2.24) is 0 Å². The van der Waals surface area contributed by atoms with Crippen LogP contribution in [-0.2, 0) is 9.59 Å². The van der Waals surface area contributed by atoms with E-state index < -0.39 is 12.6 Å². The number of rotatable bonds is 6. The van der Waals surface area contributed by atoms with Gasteiger partial charge < -0.3 is 15.2 Å². The van der Waals surface area contributed by atoms with Gasteiger partial charge in [0.15, 0.2) is 6.61 Å². The van der Waals surface area contributed by atoms with E-state index in [0.717, 1.165) is 25.7 Å². The predicted molar refractivity (Wildman–Crippen MR) is 79.8 cm³/mol. The van der Waals surface area contributed by atoms with Gasteiger partial charge in [-0.25, -0.2) is 4.79 Å². The Morgan fingerprint density at radius 3 is 2.62 bits per heavy atom. The summed E-state index contributed by atoms with van der Waals surface area (Å²) in [4.78, 5) is 22.8. The van der Waals surface area contributed by atoms with Gasteiger partial charge in [0.25, 0.3) is 0 Å². The Morgan fingerprint density at radius 2 is 2.14 bits per heavy atom. The van der Waals surface area contributed by atoms with Crippen LogP contribution in [0.1, 0.15) is 32.6 Å². The monoisotopic (exact) mass is 311 g/mol. The maximum atomic E-state index is 12.3. The molecular formula is C15H18ClNO4. The molecule has 1 aliphatic carbocycles. The first-order valence-corrected chi connectivity index (χ1v) is 7.30. The molecule has 0 atom stereocenters. The van der Waals surface area contributed by atoms with Crippen LogP contribution in [-0.4, -0.2) is 23.6 Å². The summed E-state index contributed by atoms with van der Waals surface area (Å²) in [5, 5.41) is 11.7. The van der Waals surface area contributed by atoms with Crippen LogP contribution >= 0.6 is 11.6 Å². The summed E-state index contributed by atoms with van der Waals surface area (Å²) in [6, 6.07) is 4.78. The molecule has 2 rings (SSSR count). The average molecular weight is 312 g/mol. The van der Waals surface area contributed by atoms with Gasteiger partial charge in [0, 0.05) is 11.1 Å². The fourth-order valence-electron chi connectivity index (χ4n) is 2.44. The smallest absolute Gasteiger partial charge is 0.341 e. The zero-order valence-electron chi connectivity index (χ0n) is 11.8. The number of carboxylic acid groups (broad SMARTS) is 1. The number of ether oxygens (including phenoxy) is 1. The lowest BCUT2D eigenvalue weighted by Crippen LogP contribution is -2.41. The second-order valence-corrected chi connectivity index (χ2v) is 5.68. The lowest BCUT2D eigenvalue weighted by molar-refractivity contribution is -0.139. The number of nitrogens with one attached hydrogen (secondary N) is 1. The number of carbonyl (C=O) groups excluding carboxylic acids is 1. The molecule has 1 aromatic carbocycles. The van der Waals surface area contributed by atoms with Crippen LogP contribution in [0.4, 0.5) is 5.69 Å². The van der Waals surface area contributed by atoms with Gasteiger partial charge in [-0.1, -0.05) is 24.9 Å². The largest absolute Gasteiger partial charge is 0.480 e. The minimum absolute atomic E-state index is 0.0199. The molecule has 21 heavy (non-hydrogen) atoms. The first-order chi connectivity index (χ1) is 9.97. The summed E-state index contributed by atoms with van der Waals surface area (Å²) in [5.74, 6) is -0.768. The number of benzene rings is 1. The molecule has 1 aliphatic rings. The van der Waals surface area contributed by atoms with Crippen LogP contribution < -0.4 is 10.1 Å². The Labute approximate surface area is 128 Å². The van der Waals surface area contributed by atoms with Crippen LogP contribution in [0.25, 0.3) is 0 Å². The van der Waals surface area contributed by atoms with Gasteiger partial charge in [-0.05, 0) is 37.5 Å². The van der Waals surface area contributed by atoms with Crippen LogP contribution in [0, 0.1) is 5.41 Å². The molecule has 0 aromatic heterocycles. The Kier molecular flexibility index (Phi) is 4.73. The molecule has 1 aromatic rings. The first kappa shape index (κ1) is 15.6. The zero-order valence-corrected chi connectivity index (χ0v) is 12.6. The number of anilines is 1. The van der Waals surface area contributed by atoms with Crippen molar-refractivity contribution in [3.63, 3.8) is 0 Å². The molecule has 0 bridgehead atoms. The lowest BCUT2D eigenvalue weighted by atomic mass is 9.66. The molecule has 1 fully saturated rings. The summed E-state index contributed by atoms with van der Waals surface area (Å²) >= 11 is 6.02. The molecule has 6 heteroatoms. The summed E-state index contributed by atoms with van der Waals surface area (Å²) in [6.07, 6.45) is 3.75. The van der Waals surface area contributed by atoms with Gasteiger partial charge in [-0.2, -0.15) is 0 Å². The van der Waals surface area contributed by atoms with Gasteiger partial charge in [-0.3, -0.25) is 4.79 Å². The Morgan fingerprint density at radius 1 is 1.43 bits per heavy atom. The molecule has 5 nitrogen and oxygen atoms in total. The molecule has 0 aliphatic heterocycles. The highest BCUT2D eigenvalue weighted by molar-refractivity contribution is 6.32. The van der Waals surface area contributed by atoms with Crippen molar-refractivity contribution in [2.75, 3.05) is 11.9 Å². The molecule has 1 amide bonds. The number of carbonyl (C=O) groups is 2. The van der Waals surface area contributed by atoms with E-state index >= 15 is 0 Å².